The number of rotatable bonds is 9. The summed E-state index contributed by atoms with van der Waals surface area (Å²) in [6.07, 6.45) is 4.31. The summed E-state index contributed by atoms with van der Waals surface area (Å²) in [6.45, 7) is 2.99. The molecular weight excluding hydrogens is 422 g/mol. The number of para-hydroxylation sites is 1. The van der Waals surface area contributed by atoms with Crippen molar-refractivity contribution in [1.29, 1.82) is 0 Å². The molecule has 0 atom stereocenters. The molecule has 0 aliphatic carbocycles. The van der Waals surface area contributed by atoms with E-state index >= 15 is 0 Å². The van der Waals surface area contributed by atoms with E-state index in [1.165, 1.54) is 12.1 Å². The quantitative estimate of drug-likeness (QED) is 0.296. The van der Waals surface area contributed by atoms with E-state index in [2.05, 4.69) is 15.0 Å². The van der Waals surface area contributed by atoms with Crippen LogP contribution in [0.4, 0.5) is 11.4 Å². The number of hydrogen-bond acceptors (Lipinski definition) is 6. The van der Waals surface area contributed by atoms with Crippen molar-refractivity contribution in [3.05, 3.63) is 82.4 Å². The second-order valence-electron chi connectivity index (χ2n) is 6.76. The number of sulfonamides is 1. The minimum atomic E-state index is -4.03. The van der Waals surface area contributed by atoms with Gasteiger partial charge in [-0.05, 0) is 37.6 Å². The van der Waals surface area contributed by atoms with E-state index in [1.807, 2.05) is 17.7 Å². The zero-order valence-electron chi connectivity index (χ0n) is 16.7. The van der Waals surface area contributed by atoms with Crippen molar-refractivity contribution in [2.45, 2.75) is 24.8 Å². The Morgan fingerprint density at radius 1 is 1.16 bits per heavy atom. The third-order valence-electron chi connectivity index (χ3n) is 4.41. The molecule has 2 N–H and O–H groups in total. The third-order valence-corrected chi connectivity index (χ3v) is 5.80. The van der Waals surface area contributed by atoms with Crippen molar-refractivity contribution >= 4 is 27.3 Å². The highest BCUT2D eigenvalue weighted by Crippen LogP contribution is 2.22. The first kappa shape index (κ1) is 22.0. The van der Waals surface area contributed by atoms with Gasteiger partial charge in [0.1, 0.15) is 0 Å². The van der Waals surface area contributed by atoms with Gasteiger partial charge in [0.05, 0.1) is 33.1 Å². The van der Waals surface area contributed by atoms with Crippen LogP contribution in [0.5, 0.6) is 0 Å². The van der Waals surface area contributed by atoms with Crippen molar-refractivity contribution in [2.75, 3.05) is 11.3 Å². The van der Waals surface area contributed by atoms with E-state index < -0.39 is 20.9 Å². The third kappa shape index (κ3) is 5.66. The summed E-state index contributed by atoms with van der Waals surface area (Å²) in [7, 11) is -4.03. The Labute approximate surface area is 179 Å². The van der Waals surface area contributed by atoms with Crippen LogP contribution in [0, 0.1) is 17.0 Å². The molecule has 0 saturated carbocycles. The largest absolute Gasteiger partial charge is 0.352 e. The predicted molar refractivity (Wildman–Crippen MR) is 114 cm³/mol. The van der Waals surface area contributed by atoms with Crippen LogP contribution in [0.3, 0.4) is 0 Å². The van der Waals surface area contributed by atoms with Crippen molar-refractivity contribution in [2.24, 2.45) is 0 Å². The van der Waals surface area contributed by atoms with Crippen LogP contribution < -0.4 is 10.0 Å². The number of benzene rings is 2. The maximum Gasteiger partial charge on any atom is 0.269 e. The molecule has 0 aliphatic heterocycles. The van der Waals surface area contributed by atoms with Crippen LogP contribution >= 0.6 is 0 Å². The first-order valence-corrected chi connectivity index (χ1v) is 10.9. The van der Waals surface area contributed by atoms with E-state index in [0.717, 1.165) is 30.0 Å². The fraction of sp³-hybridized carbons (Fsp3) is 0.200. The Morgan fingerprint density at radius 3 is 2.52 bits per heavy atom. The van der Waals surface area contributed by atoms with Gasteiger partial charge in [-0.15, -0.1) is 0 Å². The van der Waals surface area contributed by atoms with Crippen LogP contribution in [0.25, 0.3) is 0 Å². The normalized spacial score (nSPS) is 11.1. The Kier molecular flexibility index (Phi) is 6.65. The molecule has 3 aromatic rings. The Hall–Kier alpha value is -3.73. The first-order valence-electron chi connectivity index (χ1n) is 9.39. The van der Waals surface area contributed by atoms with Gasteiger partial charge in [0.2, 0.25) is 0 Å². The van der Waals surface area contributed by atoms with Crippen LogP contribution in [-0.2, 0) is 16.6 Å². The second-order valence-corrected chi connectivity index (χ2v) is 8.45. The summed E-state index contributed by atoms with van der Waals surface area (Å²) >= 11 is 0. The molecule has 0 aliphatic rings. The fourth-order valence-electron chi connectivity index (χ4n) is 2.87. The Balaban J connectivity index is 1.66. The number of aryl methyl sites for hydroxylation is 2. The van der Waals surface area contributed by atoms with Crippen LogP contribution in [-0.4, -0.2) is 35.3 Å². The molecule has 0 radical (unpaired) electrons. The molecule has 10 nitrogen and oxygen atoms in total. The topological polar surface area (TPSA) is 136 Å². The van der Waals surface area contributed by atoms with Crippen LogP contribution in [0.1, 0.15) is 22.5 Å². The van der Waals surface area contributed by atoms with Crippen LogP contribution in [0.15, 0.2) is 66.0 Å². The Morgan fingerprint density at radius 2 is 1.87 bits per heavy atom. The molecule has 1 aromatic heterocycles. The highest BCUT2D eigenvalue weighted by atomic mass is 32.2. The molecule has 2 aromatic carbocycles. The van der Waals surface area contributed by atoms with E-state index in [0.29, 0.717) is 19.5 Å². The predicted octanol–water partition coefficient (Wildman–Crippen LogP) is 2.72. The zero-order valence-corrected chi connectivity index (χ0v) is 17.5. The molecule has 31 heavy (non-hydrogen) atoms. The molecule has 11 heteroatoms. The first-order chi connectivity index (χ1) is 14.8. The number of carbonyl (C=O) groups excluding carboxylic acids is 1. The van der Waals surface area contributed by atoms with Crippen molar-refractivity contribution in [3.63, 3.8) is 0 Å². The minimum Gasteiger partial charge on any atom is -0.352 e. The van der Waals surface area contributed by atoms with Gasteiger partial charge in [0.25, 0.3) is 21.6 Å². The number of non-ortho nitro benzene ring substituents is 1. The van der Waals surface area contributed by atoms with Gasteiger partial charge in [0, 0.05) is 31.4 Å². The molecule has 0 spiro atoms. The van der Waals surface area contributed by atoms with Crippen molar-refractivity contribution in [3.8, 4) is 0 Å². The van der Waals surface area contributed by atoms with Crippen molar-refractivity contribution < 1.29 is 18.1 Å². The lowest BCUT2D eigenvalue weighted by Gasteiger charge is -2.13. The summed E-state index contributed by atoms with van der Waals surface area (Å²) in [5.41, 5.74) is 0.984. The molecule has 0 unspecified atom stereocenters. The van der Waals surface area contributed by atoms with Crippen LogP contribution in [0.2, 0.25) is 0 Å². The molecule has 1 heterocycles. The maximum atomic E-state index is 12.7. The van der Waals surface area contributed by atoms with Gasteiger partial charge >= 0.3 is 0 Å². The Bertz CT molecular complexity index is 1190. The van der Waals surface area contributed by atoms with Gasteiger partial charge in [0.15, 0.2) is 0 Å². The standard InChI is InChI=1S/C20H21N5O5S/c1-15-13-24(14-22-15)12-4-11-21-20(26)18-5-2-3-6-19(18)23-31(29,30)17-9-7-16(8-10-17)25(27)28/h2-3,5-10,13-14,23H,4,11-12H2,1H3,(H,21,26). The lowest BCUT2D eigenvalue weighted by atomic mass is 10.1. The summed E-state index contributed by atoms with van der Waals surface area (Å²) in [4.78, 5) is 26.7. The molecule has 1 amide bonds. The number of nitrogens with zero attached hydrogens (tertiary/aromatic N) is 3. The van der Waals surface area contributed by atoms with Gasteiger partial charge in [-0.3, -0.25) is 19.6 Å². The summed E-state index contributed by atoms with van der Waals surface area (Å²) in [5, 5.41) is 13.5. The average Bonchev–Trinajstić information content (AvgIpc) is 3.16. The SMILES string of the molecule is Cc1cn(CCCNC(=O)c2ccccc2NS(=O)(=O)c2ccc([N+](=O)[O-])cc2)cn1. The number of anilines is 1. The van der Waals surface area contributed by atoms with E-state index in [1.54, 1.807) is 18.5 Å². The van der Waals surface area contributed by atoms with E-state index in [9.17, 15) is 23.3 Å². The monoisotopic (exact) mass is 443 g/mol. The number of carbonyl (C=O) groups is 1. The van der Waals surface area contributed by atoms with E-state index in [4.69, 9.17) is 0 Å². The second kappa shape index (κ2) is 9.39. The number of nitro benzene ring substituents is 1. The molecular formula is C20H21N5O5S. The average molecular weight is 443 g/mol. The maximum absolute atomic E-state index is 12.7. The number of hydrogen-bond donors (Lipinski definition) is 2. The summed E-state index contributed by atoms with van der Waals surface area (Å²) in [6, 6.07) is 10.7. The zero-order chi connectivity index (χ0) is 22.4. The van der Waals surface area contributed by atoms with Gasteiger partial charge in [-0.2, -0.15) is 0 Å². The highest BCUT2D eigenvalue weighted by Gasteiger charge is 2.19. The van der Waals surface area contributed by atoms with E-state index in [-0.39, 0.29) is 21.8 Å². The summed E-state index contributed by atoms with van der Waals surface area (Å²) < 4.78 is 29.6. The smallest absolute Gasteiger partial charge is 0.269 e. The van der Waals surface area contributed by atoms with Gasteiger partial charge in [-0.25, -0.2) is 13.4 Å². The number of nitro groups is 1. The summed E-state index contributed by atoms with van der Waals surface area (Å²) in [5.74, 6) is -0.413. The molecule has 162 valence electrons. The number of imidazole rings is 1. The van der Waals surface area contributed by atoms with Gasteiger partial charge < -0.3 is 9.88 Å². The molecule has 0 fully saturated rings. The minimum absolute atomic E-state index is 0.114. The van der Waals surface area contributed by atoms with Crippen molar-refractivity contribution in [1.82, 2.24) is 14.9 Å². The number of amides is 1. The van der Waals surface area contributed by atoms with Gasteiger partial charge in [-0.1, -0.05) is 12.1 Å². The number of aromatic nitrogens is 2. The number of nitrogens with one attached hydrogen (secondary N) is 2. The molecule has 0 bridgehead atoms. The molecule has 0 saturated heterocycles. The highest BCUT2D eigenvalue weighted by molar-refractivity contribution is 7.92. The fourth-order valence-corrected chi connectivity index (χ4v) is 3.95. The lowest BCUT2D eigenvalue weighted by molar-refractivity contribution is -0.384. The lowest BCUT2D eigenvalue weighted by Crippen LogP contribution is -2.26. The molecule has 3 rings (SSSR count).